The number of hydrogen-bond acceptors (Lipinski definition) is 5. The highest BCUT2D eigenvalue weighted by Crippen LogP contribution is 2.18. The van der Waals surface area contributed by atoms with Gasteiger partial charge < -0.3 is 10.4 Å². The van der Waals surface area contributed by atoms with Crippen molar-refractivity contribution >= 4 is 17.3 Å². The van der Waals surface area contributed by atoms with E-state index in [4.69, 9.17) is 16.7 Å². The Morgan fingerprint density at radius 3 is 2.71 bits per heavy atom. The maximum atomic E-state index is 11.9. The van der Waals surface area contributed by atoms with E-state index in [0.29, 0.717) is 12.2 Å². The molecule has 0 atom stereocenters. The highest BCUT2D eigenvalue weighted by Gasteiger charge is 2.12. The molecule has 0 unspecified atom stereocenters. The lowest BCUT2D eigenvalue weighted by Gasteiger charge is -2.10. The molecule has 7 nitrogen and oxygen atoms in total. The fourth-order valence-electron chi connectivity index (χ4n) is 2.10. The van der Waals surface area contributed by atoms with Crippen LogP contribution >= 0.6 is 11.6 Å². The van der Waals surface area contributed by atoms with Gasteiger partial charge in [-0.1, -0.05) is 11.6 Å². The SMILES string of the molecule is Cc1nn(C)c(C)c1CNc1cnn(CCO)c(=O)c1Cl. The van der Waals surface area contributed by atoms with E-state index in [1.54, 1.807) is 0 Å². The first-order valence-electron chi connectivity index (χ1n) is 6.55. The number of halogens is 1. The van der Waals surface area contributed by atoms with Crippen LogP contribution in [0.2, 0.25) is 5.02 Å². The molecule has 2 heterocycles. The maximum absolute atomic E-state index is 11.9. The molecule has 0 aliphatic carbocycles. The number of rotatable bonds is 5. The van der Waals surface area contributed by atoms with Gasteiger partial charge in [0.25, 0.3) is 5.56 Å². The molecule has 21 heavy (non-hydrogen) atoms. The summed E-state index contributed by atoms with van der Waals surface area (Å²) in [4.78, 5) is 11.9. The molecular formula is C13H18ClN5O2. The van der Waals surface area contributed by atoms with Crippen LogP contribution in [0.3, 0.4) is 0 Å². The zero-order valence-corrected chi connectivity index (χ0v) is 13.0. The molecule has 0 bridgehead atoms. The Morgan fingerprint density at radius 2 is 2.14 bits per heavy atom. The fourth-order valence-corrected chi connectivity index (χ4v) is 2.31. The van der Waals surface area contributed by atoms with E-state index < -0.39 is 5.56 Å². The molecule has 0 saturated heterocycles. The summed E-state index contributed by atoms with van der Waals surface area (Å²) in [5.74, 6) is 0. The number of nitrogens with one attached hydrogen (secondary N) is 1. The summed E-state index contributed by atoms with van der Waals surface area (Å²) < 4.78 is 2.94. The van der Waals surface area contributed by atoms with Crippen LogP contribution in [-0.4, -0.2) is 31.3 Å². The monoisotopic (exact) mass is 311 g/mol. The summed E-state index contributed by atoms with van der Waals surface area (Å²) in [5, 5.41) is 20.3. The molecule has 2 aromatic heterocycles. The van der Waals surface area contributed by atoms with Gasteiger partial charge >= 0.3 is 0 Å². The Labute approximate surface area is 127 Å². The van der Waals surface area contributed by atoms with Crippen molar-refractivity contribution in [3.63, 3.8) is 0 Å². The van der Waals surface area contributed by atoms with E-state index in [0.717, 1.165) is 21.6 Å². The summed E-state index contributed by atoms with van der Waals surface area (Å²) in [6, 6.07) is 0. The standard InChI is InChI=1S/C13H18ClN5O2/c1-8-10(9(2)18(3)17-8)6-15-11-7-16-19(4-5-20)13(21)12(11)14/h7,15,20H,4-6H2,1-3H3. The number of aromatic nitrogens is 4. The van der Waals surface area contributed by atoms with Crippen LogP contribution in [0, 0.1) is 13.8 Å². The smallest absolute Gasteiger partial charge is 0.287 e. The zero-order valence-electron chi connectivity index (χ0n) is 12.2. The van der Waals surface area contributed by atoms with Gasteiger partial charge in [0.15, 0.2) is 0 Å². The molecule has 0 spiro atoms. The second kappa shape index (κ2) is 6.28. The second-order valence-corrected chi connectivity index (χ2v) is 5.13. The molecule has 2 rings (SSSR count). The topological polar surface area (TPSA) is 85.0 Å². The van der Waals surface area contributed by atoms with Gasteiger partial charge in [-0.2, -0.15) is 10.2 Å². The van der Waals surface area contributed by atoms with E-state index in [9.17, 15) is 4.79 Å². The number of nitrogens with zero attached hydrogens (tertiary/aromatic N) is 4. The van der Waals surface area contributed by atoms with E-state index >= 15 is 0 Å². The van der Waals surface area contributed by atoms with Gasteiger partial charge in [0.05, 0.1) is 30.7 Å². The summed E-state index contributed by atoms with van der Waals surface area (Å²) in [7, 11) is 1.89. The fraction of sp³-hybridized carbons (Fsp3) is 0.462. The Morgan fingerprint density at radius 1 is 1.43 bits per heavy atom. The molecule has 8 heteroatoms. The molecule has 0 saturated carbocycles. The Kier molecular flexibility index (Phi) is 4.64. The average Bonchev–Trinajstić information content (AvgIpc) is 2.69. The van der Waals surface area contributed by atoms with E-state index in [-0.39, 0.29) is 18.2 Å². The first-order valence-corrected chi connectivity index (χ1v) is 6.93. The number of aliphatic hydroxyl groups is 1. The molecule has 0 aromatic carbocycles. The third-order valence-electron chi connectivity index (χ3n) is 3.41. The third-order valence-corrected chi connectivity index (χ3v) is 3.78. The number of anilines is 1. The minimum atomic E-state index is -0.421. The van der Waals surface area contributed by atoms with Crippen molar-refractivity contribution in [3.8, 4) is 0 Å². The zero-order chi connectivity index (χ0) is 15.6. The summed E-state index contributed by atoms with van der Waals surface area (Å²) in [6.45, 7) is 4.39. The van der Waals surface area contributed by atoms with Crippen LogP contribution in [-0.2, 0) is 20.1 Å². The van der Waals surface area contributed by atoms with Gasteiger partial charge in [0.2, 0.25) is 0 Å². The van der Waals surface area contributed by atoms with Gasteiger partial charge in [-0.3, -0.25) is 9.48 Å². The van der Waals surface area contributed by atoms with Crippen molar-refractivity contribution in [3.05, 3.63) is 38.5 Å². The largest absolute Gasteiger partial charge is 0.394 e. The van der Waals surface area contributed by atoms with Crippen molar-refractivity contribution in [1.29, 1.82) is 0 Å². The lowest BCUT2D eigenvalue weighted by atomic mass is 10.2. The maximum Gasteiger partial charge on any atom is 0.287 e. The quantitative estimate of drug-likeness (QED) is 0.855. The van der Waals surface area contributed by atoms with Crippen LogP contribution in [0.25, 0.3) is 0 Å². The van der Waals surface area contributed by atoms with Crippen molar-refractivity contribution in [2.45, 2.75) is 26.9 Å². The molecule has 114 valence electrons. The second-order valence-electron chi connectivity index (χ2n) is 4.75. The third kappa shape index (κ3) is 3.08. The summed E-state index contributed by atoms with van der Waals surface area (Å²) in [5.41, 5.74) is 3.10. The molecule has 0 radical (unpaired) electrons. The van der Waals surface area contributed by atoms with Gasteiger partial charge in [-0.05, 0) is 13.8 Å². The highest BCUT2D eigenvalue weighted by atomic mass is 35.5. The Hall–Kier alpha value is -1.86. The lowest BCUT2D eigenvalue weighted by molar-refractivity contribution is 0.266. The Balaban J connectivity index is 2.21. The minimum absolute atomic E-state index is 0.0673. The van der Waals surface area contributed by atoms with Crippen molar-refractivity contribution < 1.29 is 5.11 Å². The van der Waals surface area contributed by atoms with Gasteiger partial charge in [-0.25, -0.2) is 4.68 Å². The molecule has 2 aromatic rings. The first-order chi connectivity index (χ1) is 9.95. The first kappa shape index (κ1) is 15.5. The van der Waals surface area contributed by atoms with Gasteiger partial charge in [-0.15, -0.1) is 0 Å². The average molecular weight is 312 g/mol. The normalized spacial score (nSPS) is 10.9. The van der Waals surface area contributed by atoms with Gasteiger partial charge in [0.1, 0.15) is 5.02 Å². The van der Waals surface area contributed by atoms with Crippen molar-refractivity contribution in [2.75, 3.05) is 11.9 Å². The van der Waals surface area contributed by atoms with Crippen LogP contribution in [0.1, 0.15) is 17.0 Å². The molecule has 0 amide bonds. The van der Waals surface area contributed by atoms with Crippen LogP contribution in [0.5, 0.6) is 0 Å². The minimum Gasteiger partial charge on any atom is -0.394 e. The van der Waals surface area contributed by atoms with E-state index in [1.165, 1.54) is 6.20 Å². The molecule has 2 N–H and O–H groups in total. The van der Waals surface area contributed by atoms with Crippen molar-refractivity contribution in [1.82, 2.24) is 19.6 Å². The van der Waals surface area contributed by atoms with E-state index in [2.05, 4.69) is 15.5 Å². The van der Waals surface area contributed by atoms with E-state index in [1.807, 2.05) is 25.6 Å². The van der Waals surface area contributed by atoms with Crippen LogP contribution < -0.4 is 10.9 Å². The van der Waals surface area contributed by atoms with Crippen LogP contribution in [0.15, 0.2) is 11.0 Å². The molecule has 0 fully saturated rings. The molecular weight excluding hydrogens is 294 g/mol. The summed E-state index contributed by atoms with van der Waals surface area (Å²) in [6.07, 6.45) is 1.49. The van der Waals surface area contributed by atoms with Crippen LogP contribution in [0.4, 0.5) is 5.69 Å². The Bertz CT molecular complexity index is 707. The number of aryl methyl sites for hydroxylation is 2. The van der Waals surface area contributed by atoms with Crippen molar-refractivity contribution in [2.24, 2.45) is 7.05 Å². The van der Waals surface area contributed by atoms with Gasteiger partial charge in [0, 0.05) is 24.8 Å². The molecule has 0 aliphatic rings. The lowest BCUT2D eigenvalue weighted by Crippen LogP contribution is -2.25. The number of hydrogen-bond donors (Lipinski definition) is 2. The predicted molar refractivity (Wildman–Crippen MR) is 80.6 cm³/mol. The molecule has 0 aliphatic heterocycles. The highest BCUT2D eigenvalue weighted by molar-refractivity contribution is 6.32. The predicted octanol–water partition coefficient (Wildman–Crippen LogP) is 0.851. The number of aliphatic hydroxyl groups excluding tert-OH is 1. The summed E-state index contributed by atoms with van der Waals surface area (Å²) >= 11 is 6.05.